The fourth-order valence-electron chi connectivity index (χ4n) is 3.84. The van der Waals surface area contributed by atoms with Crippen LogP contribution in [0.15, 0.2) is 60.7 Å². The lowest BCUT2D eigenvalue weighted by Gasteiger charge is -2.32. The van der Waals surface area contributed by atoms with Gasteiger partial charge in [0, 0.05) is 49.7 Å². The van der Waals surface area contributed by atoms with E-state index in [0.29, 0.717) is 5.56 Å². The van der Waals surface area contributed by atoms with Crippen LogP contribution in [-0.4, -0.2) is 47.6 Å². The van der Waals surface area contributed by atoms with Gasteiger partial charge in [-0.05, 0) is 49.9 Å². The van der Waals surface area contributed by atoms with Crippen LogP contribution in [0.5, 0.6) is 0 Å². The summed E-state index contributed by atoms with van der Waals surface area (Å²) in [5.74, 6) is -0.182. The van der Waals surface area contributed by atoms with Gasteiger partial charge in [-0.2, -0.15) is 0 Å². The third-order valence-electron chi connectivity index (χ3n) is 5.51. The third-order valence-corrected chi connectivity index (χ3v) is 5.51. The molecule has 0 radical (unpaired) electrons. The summed E-state index contributed by atoms with van der Waals surface area (Å²) < 4.78 is 16.8. The highest BCUT2D eigenvalue weighted by Gasteiger charge is 2.20. The summed E-state index contributed by atoms with van der Waals surface area (Å²) in [6.07, 6.45) is 0. The Morgan fingerprint density at radius 3 is 2.26 bits per heavy atom. The standard InChI is InChI=1S/C23H26FN3/c1-18-19(17-26-14-12-25(2)13-15-26)16-23(21-10-6-7-11-22(21)24)27(18)20-8-4-3-5-9-20/h3-11,16H,12-15,17H2,1-2H3. The van der Waals surface area contributed by atoms with Crippen molar-refractivity contribution in [3.05, 3.63) is 77.7 Å². The lowest BCUT2D eigenvalue weighted by atomic mass is 10.1. The lowest BCUT2D eigenvalue weighted by molar-refractivity contribution is 0.148. The van der Waals surface area contributed by atoms with E-state index in [1.165, 1.54) is 17.3 Å². The van der Waals surface area contributed by atoms with E-state index in [9.17, 15) is 4.39 Å². The van der Waals surface area contributed by atoms with Gasteiger partial charge in [-0.3, -0.25) is 4.90 Å². The Kier molecular flexibility index (Phi) is 5.10. The Bertz CT molecular complexity index is 909. The summed E-state index contributed by atoms with van der Waals surface area (Å²) >= 11 is 0. The van der Waals surface area contributed by atoms with Gasteiger partial charge in [-0.1, -0.05) is 30.3 Å². The first-order chi connectivity index (χ1) is 13.1. The average Bonchev–Trinajstić information content (AvgIpc) is 3.01. The van der Waals surface area contributed by atoms with Crippen molar-refractivity contribution in [1.82, 2.24) is 14.4 Å². The highest BCUT2D eigenvalue weighted by molar-refractivity contribution is 5.66. The van der Waals surface area contributed by atoms with E-state index in [2.05, 4.69) is 46.5 Å². The Labute approximate surface area is 160 Å². The number of halogens is 1. The van der Waals surface area contributed by atoms with E-state index in [1.807, 2.05) is 30.3 Å². The number of likely N-dealkylation sites (N-methyl/N-ethyl adjacent to an activating group) is 1. The van der Waals surface area contributed by atoms with Crippen LogP contribution in [0.3, 0.4) is 0 Å². The maximum atomic E-state index is 14.6. The largest absolute Gasteiger partial charge is 0.313 e. The molecule has 0 unspecified atom stereocenters. The van der Waals surface area contributed by atoms with Gasteiger partial charge in [0.15, 0.2) is 0 Å². The molecule has 1 saturated heterocycles. The smallest absolute Gasteiger partial charge is 0.132 e. The molecule has 1 aliphatic rings. The number of para-hydroxylation sites is 1. The molecule has 0 bridgehead atoms. The summed E-state index contributed by atoms with van der Waals surface area (Å²) in [7, 11) is 2.17. The van der Waals surface area contributed by atoms with Crippen molar-refractivity contribution in [2.75, 3.05) is 33.2 Å². The molecule has 140 valence electrons. The van der Waals surface area contributed by atoms with E-state index in [0.717, 1.165) is 44.1 Å². The molecule has 27 heavy (non-hydrogen) atoms. The van der Waals surface area contributed by atoms with Crippen molar-refractivity contribution in [1.29, 1.82) is 0 Å². The Morgan fingerprint density at radius 2 is 1.56 bits per heavy atom. The minimum atomic E-state index is -0.182. The van der Waals surface area contributed by atoms with Crippen LogP contribution in [0.2, 0.25) is 0 Å². The van der Waals surface area contributed by atoms with Crippen LogP contribution in [0.4, 0.5) is 4.39 Å². The molecule has 1 aromatic heterocycles. The van der Waals surface area contributed by atoms with E-state index >= 15 is 0 Å². The second kappa shape index (κ2) is 7.67. The lowest BCUT2D eigenvalue weighted by Crippen LogP contribution is -2.43. The molecule has 3 nitrogen and oxygen atoms in total. The van der Waals surface area contributed by atoms with Crippen molar-refractivity contribution in [3.63, 3.8) is 0 Å². The SMILES string of the molecule is Cc1c(CN2CCN(C)CC2)cc(-c2ccccc2F)n1-c1ccccc1. The number of piperazine rings is 1. The van der Waals surface area contributed by atoms with Gasteiger partial charge < -0.3 is 9.47 Å². The van der Waals surface area contributed by atoms with Gasteiger partial charge in [0.1, 0.15) is 5.82 Å². The van der Waals surface area contributed by atoms with E-state index in [-0.39, 0.29) is 5.82 Å². The van der Waals surface area contributed by atoms with Gasteiger partial charge in [-0.15, -0.1) is 0 Å². The molecule has 0 amide bonds. The second-order valence-corrected chi connectivity index (χ2v) is 7.37. The van der Waals surface area contributed by atoms with Crippen LogP contribution < -0.4 is 0 Å². The topological polar surface area (TPSA) is 11.4 Å². The average molecular weight is 363 g/mol. The molecule has 1 fully saturated rings. The van der Waals surface area contributed by atoms with E-state index in [1.54, 1.807) is 6.07 Å². The molecule has 1 aliphatic heterocycles. The first kappa shape index (κ1) is 18.0. The van der Waals surface area contributed by atoms with Crippen molar-refractivity contribution in [3.8, 4) is 16.9 Å². The summed E-state index contributed by atoms with van der Waals surface area (Å²) in [5.41, 5.74) is 5.08. The fourth-order valence-corrected chi connectivity index (χ4v) is 3.84. The maximum Gasteiger partial charge on any atom is 0.132 e. The van der Waals surface area contributed by atoms with Crippen molar-refractivity contribution < 1.29 is 4.39 Å². The molecule has 4 heteroatoms. The number of hydrogen-bond donors (Lipinski definition) is 0. The maximum absolute atomic E-state index is 14.6. The normalized spacial score (nSPS) is 16.0. The zero-order valence-corrected chi connectivity index (χ0v) is 16.0. The second-order valence-electron chi connectivity index (χ2n) is 7.37. The molecule has 3 aromatic rings. The van der Waals surface area contributed by atoms with Gasteiger partial charge in [0.2, 0.25) is 0 Å². The predicted octanol–water partition coefficient (Wildman–Crippen LogP) is 4.34. The minimum absolute atomic E-state index is 0.182. The van der Waals surface area contributed by atoms with Crippen LogP contribution in [-0.2, 0) is 6.54 Å². The minimum Gasteiger partial charge on any atom is -0.313 e. The van der Waals surface area contributed by atoms with Gasteiger partial charge >= 0.3 is 0 Å². The number of benzene rings is 2. The molecule has 0 atom stereocenters. The molecule has 4 rings (SSSR count). The number of aromatic nitrogens is 1. The molecule has 0 spiro atoms. The molecule has 2 heterocycles. The van der Waals surface area contributed by atoms with Gasteiger partial charge in [0.25, 0.3) is 0 Å². The fraction of sp³-hybridized carbons (Fsp3) is 0.304. The van der Waals surface area contributed by atoms with Crippen molar-refractivity contribution in [2.45, 2.75) is 13.5 Å². The summed E-state index contributed by atoms with van der Waals surface area (Å²) in [6, 6.07) is 19.4. The molecule has 0 N–H and O–H groups in total. The quantitative estimate of drug-likeness (QED) is 0.683. The van der Waals surface area contributed by atoms with Crippen LogP contribution in [0, 0.1) is 12.7 Å². The molecule has 2 aromatic carbocycles. The number of rotatable bonds is 4. The summed E-state index contributed by atoms with van der Waals surface area (Å²) in [6.45, 7) is 7.38. The third kappa shape index (κ3) is 3.68. The first-order valence-electron chi connectivity index (χ1n) is 9.56. The number of hydrogen-bond acceptors (Lipinski definition) is 2. The zero-order valence-electron chi connectivity index (χ0n) is 16.0. The zero-order chi connectivity index (χ0) is 18.8. The first-order valence-corrected chi connectivity index (χ1v) is 9.56. The van der Waals surface area contributed by atoms with Gasteiger partial charge in [0.05, 0.1) is 5.69 Å². The van der Waals surface area contributed by atoms with Gasteiger partial charge in [-0.25, -0.2) is 4.39 Å². The van der Waals surface area contributed by atoms with E-state index < -0.39 is 0 Å². The van der Waals surface area contributed by atoms with Crippen molar-refractivity contribution >= 4 is 0 Å². The molecular formula is C23H26FN3. The highest BCUT2D eigenvalue weighted by Crippen LogP contribution is 2.31. The predicted molar refractivity (Wildman–Crippen MR) is 109 cm³/mol. The molecular weight excluding hydrogens is 337 g/mol. The summed E-state index contributed by atoms with van der Waals surface area (Å²) in [4.78, 5) is 4.85. The van der Waals surface area contributed by atoms with Crippen LogP contribution in [0.25, 0.3) is 16.9 Å². The highest BCUT2D eigenvalue weighted by atomic mass is 19.1. The van der Waals surface area contributed by atoms with Crippen LogP contribution in [0.1, 0.15) is 11.3 Å². The monoisotopic (exact) mass is 363 g/mol. The Balaban J connectivity index is 1.77. The number of nitrogens with zero attached hydrogens (tertiary/aromatic N) is 3. The molecule has 0 aliphatic carbocycles. The molecule has 0 saturated carbocycles. The van der Waals surface area contributed by atoms with E-state index in [4.69, 9.17) is 0 Å². The summed E-state index contributed by atoms with van der Waals surface area (Å²) in [5, 5.41) is 0. The van der Waals surface area contributed by atoms with Crippen LogP contribution >= 0.6 is 0 Å². The Hall–Kier alpha value is -2.43. The van der Waals surface area contributed by atoms with Crippen molar-refractivity contribution in [2.24, 2.45) is 0 Å². The Morgan fingerprint density at radius 1 is 0.889 bits per heavy atom.